The first kappa shape index (κ1) is 9.85. The smallest absolute Gasteiger partial charge is 0.150 e. The van der Waals surface area contributed by atoms with Gasteiger partial charge in [-0.2, -0.15) is 0 Å². The molecule has 0 atom stereocenters. The lowest BCUT2D eigenvalue weighted by molar-refractivity contribution is 0.112. The molecular formula is C15H11NO. The normalized spacial score (nSPS) is 10.8. The van der Waals surface area contributed by atoms with Gasteiger partial charge >= 0.3 is 0 Å². The van der Waals surface area contributed by atoms with Crippen molar-refractivity contribution in [2.45, 2.75) is 0 Å². The number of rotatable bonds is 1. The third-order valence-corrected chi connectivity index (χ3v) is 3.06. The molecule has 2 nitrogen and oxygen atoms in total. The number of hydrogen-bond acceptors (Lipinski definition) is 2. The minimum absolute atomic E-state index is 0.673. The number of fused-ring (bicyclic) bond motifs is 2. The van der Waals surface area contributed by atoms with Gasteiger partial charge in [0.1, 0.15) is 6.29 Å². The molecule has 0 unspecified atom stereocenters. The van der Waals surface area contributed by atoms with Crippen molar-refractivity contribution in [3.8, 4) is 0 Å². The number of carbonyl (C=O) groups excluding carboxylic acids is 1. The van der Waals surface area contributed by atoms with E-state index < -0.39 is 0 Å². The summed E-state index contributed by atoms with van der Waals surface area (Å²) in [5.74, 6) is 0. The predicted molar refractivity (Wildman–Crippen MR) is 71.3 cm³/mol. The molecule has 0 fully saturated rings. The number of carbonyl (C=O) groups is 1. The van der Waals surface area contributed by atoms with Crippen LogP contribution in [0.15, 0.2) is 48.5 Å². The molecular weight excluding hydrogens is 210 g/mol. The van der Waals surface area contributed by atoms with Crippen molar-refractivity contribution in [1.29, 1.82) is 0 Å². The van der Waals surface area contributed by atoms with Gasteiger partial charge in [0.2, 0.25) is 0 Å². The van der Waals surface area contributed by atoms with Crippen LogP contribution in [0.3, 0.4) is 0 Å². The lowest BCUT2D eigenvalue weighted by Gasteiger charge is -2.07. The van der Waals surface area contributed by atoms with Crippen molar-refractivity contribution in [1.82, 2.24) is 0 Å². The Morgan fingerprint density at radius 3 is 2.47 bits per heavy atom. The van der Waals surface area contributed by atoms with Gasteiger partial charge in [0.05, 0.1) is 0 Å². The highest BCUT2D eigenvalue weighted by Crippen LogP contribution is 2.30. The van der Waals surface area contributed by atoms with E-state index in [1.165, 1.54) is 0 Å². The summed E-state index contributed by atoms with van der Waals surface area (Å²) in [6.07, 6.45) is 0.852. The molecule has 82 valence electrons. The zero-order valence-electron chi connectivity index (χ0n) is 9.18. The molecule has 2 N–H and O–H groups in total. The predicted octanol–water partition coefficient (Wildman–Crippen LogP) is 3.39. The van der Waals surface area contributed by atoms with Gasteiger partial charge in [-0.05, 0) is 22.9 Å². The zero-order chi connectivity index (χ0) is 11.8. The van der Waals surface area contributed by atoms with Gasteiger partial charge in [0, 0.05) is 22.0 Å². The van der Waals surface area contributed by atoms with Crippen molar-refractivity contribution in [3.63, 3.8) is 0 Å². The second-order valence-electron chi connectivity index (χ2n) is 4.11. The van der Waals surface area contributed by atoms with Crippen LogP contribution in [0.5, 0.6) is 0 Å². The van der Waals surface area contributed by atoms with Gasteiger partial charge < -0.3 is 5.73 Å². The molecule has 0 aliphatic heterocycles. The van der Waals surface area contributed by atoms with E-state index in [1.807, 2.05) is 36.4 Å². The fraction of sp³-hybridized carbons (Fsp3) is 0. The highest BCUT2D eigenvalue weighted by Gasteiger charge is 2.04. The highest BCUT2D eigenvalue weighted by molar-refractivity contribution is 6.10. The van der Waals surface area contributed by atoms with Crippen LogP contribution in [0.2, 0.25) is 0 Å². The van der Waals surface area contributed by atoms with Gasteiger partial charge in [-0.3, -0.25) is 4.79 Å². The molecule has 0 aliphatic carbocycles. The molecule has 0 heterocycles. The molecule has 3 rings (SSSR count). The Balaban J connectivity index is 2.49. The van der Waals surface area contributed by atoms with Crippen LogP contribution in [-0.4, -0.2) is 6.29 Å². The second kappa shape index (κ2) is 3.59. The maximum absolute atomic E-state index is 10.8. The van der Waals surface area contributed by atoms with Crippen LogP contribution in [0.1, 0.15) is 10.4 Å². The SMILES string of the molecule is Nc1c2ccccc2cc2cc(C=O)ccc12. The standard InChI is InChI=1S/C15H11NO/c16-15-13-4-2-1-3-11(13)8-12-7-10(9-17)5-6-14(12)15/h1-9H,16H2. The molecule has 2 heteroatoms. The number of hydrogen-bond donors (Lipinski definition) is 1. The molecule has 0 bridgehead atoms. The average Bonchev–Trinajstić information content (AvgIpc) is 2.38. The fourth-order valence-electron chi connectivity index (χ4n) is 2.20. The molecule has 0 saturated carbocycles. The first-order chi connectivity index (χ1) is 8.29. The molecule has 0 aromatic heterocycles. The lowest BCUT2D eigenvalue weighted by atomic mass is 10.00. The third kappa shape index (κ3) is 1.46. The maximum Gasteiger partial charge on any atom is 0.150 e. The first-order valence-electron chi connectivity index (χ1n) is 5.46. The maximum atomic E-state index is 10.8. The molecule has 0 aliphatic rings. The topological polar surface area (TPSA) is 43.1 Å². The van der Waals surface area contributed by atoms with E-state index in [0.29, 0.717) is 5.56 Å². The lowest BCUT2D eigenvalue weighted by Crippen LogP contribution is -1.90. The van der Waals surface area contributed by atoms with E-state index in [1.54, 1.807) is 6.07 Å². The van der Waals surface area contributed by atoms with Crippen LogP contribution in [-0.2, 0) is 0 Å². The molecule has 0 radical (unpaired) electrons. The quantitative estimate of drug-likeness (QED) is 0.389. The van der Waals surface area contributed by atoms with Crippen molar-refractivity contribution in [3.05, 3.63) is 54.1 Å². The summed E-state index contributed by atoms with van der Waals surface area (Å²) in [5.41, 5.74) is 7.60. The van der Waals surface area contributed by atoms with E-state index >= 15 is 0 Å². The largest absolute Gasteiger partial charge is 0.398 e. The van der Waals surface area contributed by atoms with Gasteiger partial charge in [0.25, 0.3) is 0 Å². The molecule has 0 saturated heterocycles. The Labute approximate surface area is 98.7 Å². The molecule has 3 aromatic carbocycles. The Kier molecular flexibility index (Phi) is 2.08. The molecule has 17 heavy (non-hydrogen) atoms. The van der Waals surface area contributed by atoms with Crippen LogP contribution >= 0.6 is 0 Å². The van der Waals surface area contributed by atoms with E-state index in [-0.39, 0.29) is 0 Å². The molecule has 3 aromatic rings. The van der Waals surface area contributed by atoms with Gasteiger partial charge in [-0.25, -0.2) is 0 Å². The second-order valence-corrected chi connectivity index (χ2v) is 4.11. The number of aldehydes is 1. The number of nitrogen functional groups attached to an aromatic ring is 1. The van der Waals surface area contributed by atoms with Crippen molar-refractivity contribution in [2.24, 2.45) is 0 Å². The van der Waals surface area contributed by atoms with Gasteiger partial charge in [-0.1, -0.05) is 36.4 Å². The molecule has 0 amide bonds. The van der Waals surface area contributed by atoms with Crippen LogP contribution in [0, 0.1) is 0 Å². The number of benzene rings is 3. The Morgan fingerprint density at radius 1 is 0.882 bits per heavy atom. The average molecular weight is 221 g/mol. The van der Waals surface area contributed by atoms with Crippen LogP contribution < -0.4 is 5.73 Å². The van der Waals surface area contributed by atoms with Crippen molar-refractivity contribution in [2.75, 3.05) is 5.73 Å². The van der Waals surface area contributed by atoms with E-state index in [0.717, 1.165) is 33.5 Å². The minimum atomic E-state index is 0.673. The van der Waals surface area contributed by atoms with Crippen molar-refractivity contribution < 1.29 is 4.79 Å². The summed E-state index contributed by atoms with van der Waals surface area (Å²) in [4.78, 5) is 10.8. The van der Waals surface area contributed by atoms with E-state index in [4.69, 9.17) is 5.73 Å². The van der Waals surface area contributed by atoms with Gasteiger partial charge in [0.15, 0.2) is 0 Å². The summed E-state index contributed by atoms with van der Waals surface area (Å²) < 4.78 is 0. The highest BCUT2D eigenvalue weighted by atomic mass is 16.1. The monoisotopic (exact) mass is 221 g/mol. The number of anilines is 1. The van der Waals surface area contributed by atoms with E-state index in [9.17, 15) is 4.79 Å². The minimum Gasteiger partial charge on any atom is -0.398 e. The zero-order valence-corrected chi connectivity index (χ0v) is 9.18. The Bertz CT molecular complexity index is 731. The summed E-state index contributed by atoms with van der Waals surface area (Å²) in [6, 6.07) is 15.6. The van der Waals surface area contributed by atoms with Gasteiger partial charge in [-0.15, -0.1) is 0 Å². The summed E-state index contributed by atoms with van der Waals surface area (Å²) in [5, 5.41) is 4.15. The molecule has 0 spiro atoms. The number of nitrogens with two attached hydrogens (primary N) is 1. The van der Waals surface area contributed by atoms with Crippen molar-refractivity contribution >= 4 is 33.5 Å². The van der Waals surface area contributed by atoms with Crippen LogP contribution in [0.25, 0.3) is 21.5 Å². The van der Waals surface area contributed by atoms with Crippen LogP contribution in [0.4, 0.5) is 5.69 Å². The Morgan fingerprint density at radius 2 is 1.65 bits per heavy atom. The summed E-state index contributed by atoms with van der Waals surface area (Å²) in [6.45, 7) is 0. The Hall–Kier alpha value is -2.35. The first-order valence-corrected chi connectivity index (χ1v) is 5.46. The fourth-order valence-corrected chi connectivity index (χ4v) is 2.20. The summed E-state index contributed by atoms with van der Waals surface area (Å²) in [7, 11) is 0. The van der Waals surface area contributed by atoms with E-state index in [2.05, 4.69) is 6.07 Å². The third-order valence-electron chi connectivity index (χ3n) is 3.06. The summed E-state index contributed by atoms with van der Waals surface area (Å²) >= 11 is 0.